The molecule has 1 rings (SSSR count). The third-order valence-corrected chi connectivity index (χ3v) is 1.91. The molecule has 0 aliphatic rings. The van der Waals surface area contributed by atoms with Crippen molar-refractivity contribution in [3.63, 3.8) is 0 Å². The number of rotatable bonds is 5. The third kappa shape index (κ3) is 2.83. The van der Waals surface area contributed by atoms with Crippen molar-refractivity contribution in [2.75, 3.05) is 0 Å². The van der Waals surface area contributed by atoms with Crippen LogP contribution in [-0.4, -0.2) is 23.8 Å². The Bertz CT molecular complexity index is 482. The molecule has 4 nitrogen and oxygen atoms in total. The van der Waals surface area contributed by atoms with Gasteiger partial charge in [-0.1, -0.05) is 18.2 Å². The highest BCUT2D eigenvalue weighted by atomic mass is 16.2. The van der Waals surface area contributed by atoms with Gasteiger partial charge in [0.15, 0.2) is 0 Å². The van der Waals surface area contributed by atoms with Gasteiger partial charge in [-0.3, -0.25) is 14.4 Å². The van der Waals surface area contributed by atoms with Crippen LogP contribution in [0.15, 0.2) is 30.3 Å². The fourth-order valence-corrected chi connectivity index (χ4v) is 1.14. The second-order valence-electron chi connectivity index (χ2n) is 3.02. The molecule has 80 valence electrons. The van der Waals surface area contributed by atoms with Crippen molar-refractivity contribution in [3.8, 4) is 0 Å². The first-order valence-corrected chi connectivity index (χ1v) is 4.51. The van der Waals surface area contributed by atoms with Gasteiger partial charge >= 0.3 is 0 Å². The molecule has 0 spiro atoms. The van der Waals surface area contributed by atoms with E-state index < -0.39 is 11.6 Å². The minimum atomic E-state index is -0.713. The molecular weight excluding hydrogens is 208 g/mol. The molecule has 0 bridgehead atoms. The van der Waals surface area contributed by atoms with Crippen molar-refractivity contribution in [1.29, 1.82) is 0 Å². The average Bonchev–Trinajstić information content (AvgIpc) is 2.35. The summed E-state index contributed by atoms with van der Waals surface area (Å²) in [6.45, 7) is 0. The van der Waals surface area contributed by atoms with Crippen LogP contribution in [-0.2, 0) is 9.59 Å². The molecule has 0 saturated heterocycles. The Hall–Kier alpha value is -2.32. The molecule has 16 heavy (non-hydrogen) atoms. The predicted octanol–water partition coefficient (Wildman–Crippen LogP) is 1.03. The van der Waals surface area contributed by atoms with Crippen molar-refractivity contribution in [1.82, 2.24) is 0 Å². The molecule has 1 aromatic carbocycles. The van der Waals surface area contributed by atoms with Gasteiger partial charge in [-0.2, -0.15) is 0 Å². The Balaban J connectivity index is 2.91. The topological polar surface area (TPSA) is 68.3 Å². The van der Waals surface area contributed by atoms with E-state index in [1.54, 1.807) is 0 Å². The fraction of sp³-hybridized carbons (Fsp3) is 0.0833. The molecule has 1 aromatic rings. The highest BCUT2D eigenvalue weighted by molar-refractivity contribution is 6.44. The lowest BCUT2D eigenvalue weighted by Gasteiger charge is -1.98. The SMILES string of the molecule is O=C=CCC(=O)C(=O)c1cccc(C=O)c1. The lowest BCUT2D eigenvalue weighted by Crippen LogP contribution is -2.13. The molecule has 0 unspecified atom stereocenters. The third-order valence-electron chi connectivity index (χ3n) is 1.91. The first-order chi connectivity index (χ1) is 7.69. The van der Waals surface area contributed by atoms with Crippen molar-refractivity contribution in [3.05, 3.63) is 41.5 Å². The zero-order valence-corrected chi connectivity index (χ0v) is 8.30. The molecule has 0 N–H and O–H groups in total. The quantitative estimate of drug-likeness (QED) is 0.319. The van der Waals surface area contributed by atoms with Crippen LogP contribution in [0.1, 0.15) is 27.1 Å². The second-order valence-corrected chi connectivity index (χ2v) is 3.02. The van der Waals surface area contributed by atoms with Crippen LogP contribution < -0.4 is 0 Å². The van der Waals surface area contributed by atoms with E-state index >= 15 is 0 Å². The molecule has 0 saturated carbocycles. The molecule has 0 fully saturated rings. The van der Waals surface area contributed by atoms with E-state index in [9.17, 15) is 19.2 Å². The normalized spacial score (nSPS) is 9.00. The first kappa shape index (κ1) is 11.8. The zero-order valence-electron chi connectivity index (χ0n) is 8.30. The van der Waals surface area contributed by atoms with Crippen LogP contribution in [0.25, 0.3) is 0 Å². The number of hydrogen-bond acceptors (Lipinski definition) is 4. The second kappa shape index (κ2) is 5.53. The van der Waals surface area contributed by atoms with Crippen LogP contribution >= 0.6 is 0 Å². The molecule has 0 radical (unpaired) electrons. The maximum Gasteiger partial charge on any atom is 0.228 e. The molecule has 0 aliphatic carbocycles. The van der Waals surface area contributed by atoms with Crippen molar-refractivity contribution in [2.45, 2.75) is 6.42 Å². The van der Waals surface area contributed by atoms with E-state index in [1.165, 1.54) is 30.2 Å². The molecule has 0 heterocycles. The lowest BCUT2D eigenvalue weighted by molar-refractivity contribution is -0.114. The maximum atomic E-state index is 11.5. The van der Waals surface area contributed by atoms with Crippen molar-refractivity contribution in [2.24, 2.45) is 0 Å². The maximum absolute atomic E-state index is 11.5. The van der Waals surface area contributed by atoms with E-state index in [2.05, 4.69) is 0 Å². The van der Waals surface area contributed by atoms with Crippen LogP contribution in [0.4, 0.5) is 0 Å². The van der Waals surface area contributed by atoms with Gasteiger partial charge in [0.25, 0.3) is 0 Å². The van der Waals surface area contributed by atoms with Crippen LogP contribution in [0.2, 0.25) is 0 Å². The summed E-state index contributed by atoms with van der Waals surface area (Å²) >= 11 is 0. The lowest BCUT2D eigenvalue weighted by atomic mass is 10.0. The highest BCUT2D eigenvalue weighted by Crippen LogP contribution is 2.06. The molecule has 0 atom stereocenters. The van der Waals surface area contributed by atoms with Gasteiger partial charge in [0.2, 0.25) is 11.6 Å². The van der Waals surface area contributed by atoms with Crippen LogP contribution in [0.3, 0.4) is 0 Å². The predicted molar refractivity (Wildman–Crippen MR) is 56.0 cm³/mol. The summed E-state index contributed by atoms with van der Waals surface area (Å²) in [5, 5.41) is 0. The number of ketones is 2. The van der Waals surface area contributed by atoms with Gasteiger partial charge in [0.05, 0.1) is 0 Å². The monoisotopic (exact) mass is 216 g/mol. The minimum absolute atomic E-state index is 0.147. The first-order valence-electron chi connectivity index (χ1n) is 4.51. The number of aldehydes is 1. The average molecular weight is 216 g/mol. The van der Waals surface area contributed by atoms with Gasteiger partial charge in [0, 0.05) is 23.6 Å². The number of carbonyl (C=O) groups excluding carboxylic acids is 4. The van der Waals surface area contributed by atoms with E-state index in [1.807, 2.05) is 0 Å². The van der Waals surface area contributed by atoms with Gasteiger partial charge in [0.1, 0.15) is 12.2 Å². The van der Waals surface area contributed by atoms with Gasteiger partial charge in [-0.05, 0) is 6.07 Å². The van der Waals surface area contributed by atoms with E-state index in [-0.39, 0.29) is 12.0 Å². The Kier molecular flexibility index (Phi) is 4.07. The zero-order chi connectivity index (χ0) is 12.0. The number of carbonyl (C=O) groups is 3. The van der Waals surface area contributed by atoms with Gasteiger partial charge in [-0.25, -0.2) is 4.79 Å². The molecule has 0 amide bonds. The van der Waals surface area contributed by atoms with E-state index in [0.29, 0.717) is 11.8 Å². The Labute approximate surface area is 91.6 Å². The Morgan fingerprint density at radius 1 is 1.31 bits per heavy atom. The van der Waals surface area contributed by atoms with Crippen molar-refractivity contribution < 1.29 is 19.2 Å². The summed E-state index contributed by atoms with van der Waals surface area (Å²) in [5.74, 6) is 0.00808. The highest BCUT2D eigenvalue weighted by Gasteiger charge is 2.14. The molecular formula is C12H8O4. The molecule has 0 aliphatic heterocycles. The summed E-state index contributed by atoms with van der Waals surface area (Å²) in [6.07, 6.45) is 1.27. The fourth-order valence-electron chi connectivity index (χ4n) is 1.14. The molecule has 0 aromatic heterocycles. The summed E-state index contributed by atoms with van der Waals surface area (Å²) in [6, 6.07) is 5.81. The summed E-state index contributed by atoms with van der Waals surface area (Å²) in [4.78, 5) is 43.1. The minimum Gasteiger partial charge on any atom is -0.298 e. The van der Waals surface area contributed by atoms with Crippen LogP contribution in [0, 0.1) is 0 Å². The summed E-state index contributed by atoms with van der Waals surface area (Å²) in [5.41, 5.74) is 0.471. The van der Waals surface area contributed by atoms with E-state index in [0.717, 1.165) is 6.08 Å². The van der Waals surface area contributed by atoms with E-state index in [4.69, 9.17) is 0 Å². The Morgan fingerprint density at radius 2 is 2.06 bits per heavy atom. The standard InChI is InChI=1S/C12H8O4/c13-6-2-5-11(15)12(16)10-4-1-3-9(7-10)8-14/h1-4,7-8H,5H2. The number of allylic oxidation sites excluding steroid dienone is 1. The van der Waals surface area contributed by atoms with Gasteiger partial charge in [-0.15, -0.1) is 0 Å². The number of hydrogen-bond donors (Lipinski definition) is 0. The van der Waals surface area contributed by atoms with Crippen molar-refractivity contribution >= 4 is 23.8 Å². The van der Waals surface area contributed by atoms with Crippen LogP contribution in [0.5, 0.6) is 0 Å². The summed E-state index contributed by atoms with van der Waals surface area (Å²) < 4.78 is 0. The van der Waals surface area contributed by atoms with Gasteiger partial charge < -0.3 is 0 Å². The number of Topliss-reactive ketones (excluding diaryl/α,β-unsaturated/α-hetero) is 2. The molecule has 4 heteroatoms. The Morgan fingerprint density at radius 3 is 2.69 bits per heavy atom. The largest absolute Gasteiger partial charge is 0.298 e. The summed E-state index contributed by atoms with van der Waals surface area (Å²) in [7, 11) is 0. The number of benzene rings is 1. The smallest absolute Gasteiger partial charge is 0.228 e.